The molecule has 0 radical (unpaired) electrons. The van der Waals surface area contributed by atoms with Crippen LogP contribution in [0.5, 0.6) is 0 Å². The number of nitrogens with two attached hydrogens (primary N) is 1. The zero-order valence-electron chi connectivity index (χ0n) is 11.3. The minimum absolute atomic E-state index is 0.386. The van der Waals surface area contributed by atoms with E-state index in [4.69, 9.17) is 10.8 Å². The van der Waals surface area contributed by atoms with Gasteiger partial charge in [0.15, 0.2) is 0 Å². The van der Waals surface area contributed by atoms with E-state index in [1.54, 1.807) is 11.3 Å². The second-order valence-corrected chi connectivity index (χ2v) is 7.16. The van der Waals surface area contributed by atoms with Crippen LogP contribution < -0.4 is 11.1 Å². The van der Waals surface area contributed by atoms with Crippen molar-refractivity contribution in [2.75, 3.05) is 5.23 Å². The maximum absolute atomic E-state index is 6.16. The number of imidazole rings is 1. The Balaban J connectivity index is 1.85. The van der Waals surface area contributed by atoms with E-state index >= 15 is 0 Å². The van der Waals surface area contributed by atoms with Crippen molar-refractivity contribution in [3.05, 3.63) is 56.3 Å². The zero-order valence-corrected chi connectivity index (χ0v) is 13.7. The van der Waals surface area contributed by atoms with Gasteiger partial charge in [-0.25, -0.2) is 15.5 Å². The summed E-state index contributed by atoms with van der Waals surface area (Å²) in [6, 6.07) is 10.1. The maximum Gasteiger partial charge on any atom is 0.128 e. The molecule has 7 heteroatoms. The molecule has 108 valence electrons. The first-order valence-corrected chi connectivity index (χ1v) is 8.23. The van der Waals surface area contributed by atoms with Crippen molar-refractivity contribution in [2.45, 2.75) is 18.9 Å². The van der Waals surface area contributed by atoms with Gasteiger partial charge in [0.2, 0.25) is 0 Å². The number of rotatable bonds is 1. The van der Waals surface area contributed by atoms with Crippen LogP contribution in [0.2, 0.25) is 0 Å². The number of thiophene rings is 1. The molecule has 0 aliphatic carbocycles. The normalized spacial score (nSPS) is 21.8. The van der Waals surface area contributed by atoms with Crippen LogP contribution in [-0.2, 0) is 12.0 Å². The number of hydrogen-bond acceptors (Lipinski definition) is 4. The van der Waals surface area contributed by atoms with Crippen molar-refractivity contribution >= 4 is 38.3 Å². The molecule has 3 heterocycles. The van der Waals surface area contributed by atoms with Gasteiger partial charge in [0.25, 0.3) is 0 Å². The van der Waals surface area contributed by atoms with Gasteiger partial charge >= 0.3 is 0 Å². The highest BCUT2D eigenvalue weighted by atomic mass is 79.9. The molecule has 3 aromatic rings. The third kappa shape index (κ3) is 2.00. The van der Waals surface area contributed by atoms with Crippen LogP contribution in [0.1, 0.15) is 17.6 Å². The first-order valence-electron chi connectivity index (χ1n) is 6.56. The first-order chi connectivity index (χ1) is 10.1. The number of nitrogens with zero attached hydrogens (tertiary/aromatic N) is 4. The van der Waals surface area contributed by atoms with Gasteiger partial charge in [0.05, 0.1) is 11.0 Å². The summed E-state index contributed by atoms with van der Waals surface area (Å²) in [7, 11) is 0. The average Bonchev–Trinajstić information content (AvgIpc) is 3.01. The molecule has 1 atom stereocenters. The number of hydrogen-bond donors (Lipinski definition) is 1. The molecule has 0 saturated carbocycles. The standard InChI is InChI=1S/C14H13BrN5S/c1-14(12-6-9(15)8-21-12)7-13-17-10-4-2-3-5-11(10)19(13)20(16)18-14/h2-6,8H,7,16H2,1H3/q-1/t14-/m0/s1. The Hall–Kier alpha value is -1.41. The minimum atomic E-state index is -0.386. The van der Waals surface area contributed by atoms with Gasteiger partial charge in [0.1, 0.15) is 5.82 Å². The highest BCUT2D eigenvalue weighted by Gasteiger charge is 2.28. The molecule has 5 nitrogen and oxygen atoms in total. The second kappa shape index (κ2) is 4.54. The molecule has 0 amide bonds. The molecule has 0 spiro atoms. The molecule has 2 aromatic heterocycles. The fraction of sp³-hybridized carbons (Fsp3) is 0.214. The summed E-state index contributed by atoms with van der Waals surface area (Å²) in [6.45, 7) is 2.09. The van der Waals surface area contributed by atoms with Crippen molar-refractivity contribution in [2.24, 2.45) is 5.84 Å². The van der Waals surface area contributed by atoms with E-state index in [0.717, 1.165) is 27.8 Å². The third-order valence-corrected chi connectivity index (χ3v) is 5.68. The highest BCUT2D eigenvalue weighted by molar-refractivity contribution is 9.10. The Morgan fingerprint density at radius 2 is 2.24 bits per heavy atom. The SMILES string of the molecule is C[C@@]1(c2cc(Br)cs2)Cc2nc3ccccc3n2N(N)[N-]1. The molecule has 0 saturated heterocycles. The van der Waals surface area contributed by atoms with Gasteiger partial charge in [0, 0.05) is 9.85 Å². The molecule has 1 aromatic carbocycles. The van der Waals surface area contributed by atoms with Crippen LogP contribution in [0, 0.1) is 0 Å². The van der Waals surface area contributed by atoms with Gasteiger partial charge < -0.3 is 10.7 Å². The van der Waals surface area contributed by atoms with E-state index in [1.165, 1.54) is 10.1 Å². The van der Waals surface area contributed by atoms with Crippen molar-refractivity contribution in [3.8, 4) is 0 Å². The van der Waals surface area contributed by atoms with E-state index < -0.39 is 0 Å². The fourth-order valence-corrected chi connectivity index (χ4v) is 4.28. The quantitative estimate of drug-likeness (QED) is 0.674. The molecule has 0 fully saturated rings. The van der Waals surface area contributed by atoms with Crippen LogP contribution in [0.25, 0.3) is 16.5 Å². The summed E-state index contributed by atoms with van der Waals surface area (Å²) in [6.07, 6.45) is 0.725. The van der Waals surface area contributed by atoms with E-state index in [9.17, 15) is 0 Å². The number of fused-ring (bicyclic) bond motifs is 3. The number of benzene rings is 1. The summed E-state index contributed by atoms with van der Waals surface area (Å²) in [4.78, 5) is 5.88. The van der Waals surface area contributed by atoms with E-state index in [0.29, 0.717) is 0 Å². The van der Waals surface area contributed by atoms with Gasteiger partial charge in [-0.1, -0.05) is 24.6 Å². The summed E-state index contributed by atoms with van der Waals surface area (Å²) < 4.78 is 2.95. The van der Waals surface area contributed by atoms with Gasteiger partial charge in [-0.3, -0.25) is 0 Å². The monoisotopic (exact) mass is 362 g/mol. The molecule has 2 N–H and O–H groups in total. The van der Waals surface area contributed by atoms with Crippen LogP contribution in [-0.4, -0.2) is 9.66 Å². The van der Waals surface area contributed by atoms with Crippen molar-refractivity contribution in [3.63, 3.8) is 0 Å². The summed E-state index contributed by atoms with van der Waals surface area (Å²) in [5.74, 6) is 7.09. The fourth-order valence-electron chi connectivity index (χ4n) is 2.75. The van der Waals surface area contributed by atoms with Gasteiger partial charge in [-0.05, 0) is 45.4 Å². The zero-order chi connectivity index (χ0) is 14.6. The maximum atomic E-state index is 6.16. The largest absolute Gasteiger partial charge is 0.524 e. The number of hydrazine groups is 1. The van der Waals surface area contributed by atoms with Gasteiger partial charge in [-0.2, -0.15) is 0 Å². The Bertz CT molecular complexity index is 826. The lowest BCUT2D eigenvalue weighted by molar-refractivity contribution is 0.437. The van der Waals surface area contributed by atoms with Gasteiger partial charge in [-0.15, -0.1) is 11.3 Å². The Morgan fingerprint density at radius 1 is 1.43 bits per heavy atom. The van der Waals surface area contributed by atoms with E-state index in [1.807, 2.05) is 28.9 Å². The summed E-state index contributed by atoms with van der Waals surface area (Å²) >= 11 is 5.18. The third-order valence-electron chi connectivity index (χ3n) is 3.73. The van der Waals surface area contributed by atoms with Crippen molar-refractivity contribution in [1.29, 1.82) is 0 Å². The molecular weight excluding hydrogens is 350 g/mol. The molecule has 0 unspecified atom stereocenters. The molecule has 1 aliphatic rings. The lowest BCUT2D eigenvalue weighted by Gasteiger charge is -2.53. The number of halogens is 1. The van der Waals surface area contributed by atoms with Crippen LogP contribution in [0.3, 0.4) is 0 Å². The first kappa shape index (κ1) is 13.3. The van der Waals surface area contributed by atoms with Crippen LogP contribution in [0.4, 0.5) is 0 Å². The Kier molecular flexibility index (Phi) is 2.87. The summed E-state index contributed by atoms with van der Waals surface area (Å²) in [5, 5.41) is 3.48. The molecule has 4 rings (SSSR count). The van der Waals surface area contributed by atoms with E-state index in [2.05, 4.69) is 39.7 Å². The molecule has 0 bridgehead atoms. The van der Waals surface area contributed by atoms with Crippen molar-refractivity contribution < 1.29 is 0 Å². The highest BCUT2D eigenvalue weighted by Crippen LogP contribution is 2.41. The molecular formula is C14H13BrN5S-. The van der Waals surface area contributed by atoms with E-state index in [-0.39, 0.29) is 5.54 Å². The second-order valence-electron chi connectivity index (χ2n) is 5.33. The Labute approximate surface area is 134 Å². The smallest absolute Gasteiger partial charge is 0.128 e. The van der Waals surface area contributed by atoms with Crippen LogP contribution >= 0.6 is 27.3 Å². The average molecular weight is 363 g/mol. The lowest BCUT2D eigenvalue weighted by Crippen LogP contribution is -2.48. The van der Waals surface area contributed by atoms with Crippen molar-refractivity contribution in [1.82, 2.24) is 9.66 Å². The predicted octanol–water partition coefficient (Wildman–Crippen LogP) is 3.43. The molecule has 1 aliphatic heterocycles. The van der Waals surface area contributed by atoms with Crippen LogP contribution in [0.15, 0.2) is 40.2 Å². The molecule has 21 heavy (non-hydrogen) atoms. The number of para-hydroxylation sites is 2. The topological polar surface area (TPSA) is 61.2 Å². The Morgan fingerprint density at radius 3 is 3.00 bits per heavy atom. The summed E-state index contributed by atoms with van der Waals surface area (Å²) in [5.41, 5.74) is 6.22. The predicted molar refractivity (Wildman–Crippen MR) is 88.6 cm³/mol. The minimum Gasteiger partial charge on any atom is -0.524 e. The lowest BCUT2D eigenvalue weighted by atomic mass is 9.95. The number of aromatic nitrogens is 2.